The summed E-state index contributed by atoms with van der Waals surface area (Å²) in [5, 5.41) is 4.26. The van der Waals surface area contributed by atoms with Crippen LogP contribution < -0.4 is 5.32 Å². The van der Waals surface area contributed by atoms with E-state index >= 15 is 0 Å². The summed E-state index contributed by atoms with van der Waals surface area (Å²) in [6.45, 7) is 6.74. The maximum atomic E-state index is 11.6. The van der Waals surface area contributed by atoms with Gasteiger partial charge in [-0.05, 0) is 49.9 Å². The molecule has 0 saturated heterocycles. The van der Waals surface area contributed by atoms with Gasteiger partial charge in [-0.15, -0.1) is 0 Å². The summed E-state index contributed by atoms with van der Waals surface area (Å²) in [6.07, 6.45) is 2.55. The van der Waals surface area contributed by atoms with Gasteiger partial charge in [-0.3, -0.25) is 0 Å². The smallest absolute Gasteiger partial charge is 0.150 e. The van der Waals surface area contributed by atoms with E-state index in [0.29, 0.717) is 6.42 Å². The Balaban J connectivity index is 2.73. The second-order valence-corrected chi connectivity index (χ2v) is 8.27. The molecule has 1 rings (SSSR count). The minimum atomic E-state index is -2.88. The number of nitrogens with one attached hydrogen (secondary N) is 1. The number of aryl methyl sites for hydroxylation is 1. The molecule has 0 fully saturated rings. The lowest BCUT2D eigenvalue weighted by molar-refractivity contribution is 0.492. The zero-order valence-electron chi connectivity index (χ0n) is 13.2. The maximum Gasteiger partial charge on any atom is 0.150 e. The Hall–Kier alpha value is -0.580. The molecule has 1 atom stereocenters. The van der Waals surface area contributed by atoms with Gasteiger partial charge in [-0.2, -0.15) is 0 Å². The molecule has 0 aliphatic rings. The van der Waals surface area contributed by atoms with Gasteiger partial charge in [0.25, 0.3) is 0 Å². The molecule has 0 aliphatic heterocycles. The second kappa shape index (κ2) is 8.76. The predicted octanol–water partition coefficient (Wildman–Crippen LogP) is 3.90. The molecule has 1 aromatic rings. The van der Waals surface area contributed by atoms with Gasteiger partial charge in [-0.25, -0.2) is 8.42 Å². The van der Waals surface area contributed by atoms with Gasteiger partial charge in [0.15, 0.2) is 0 Å². The first kappa shape index (κ1) is 18.5. The molecule has 0 heterocycles. The molecule has 0 saturated carbocycles. The van der Waals surface area contributed by atoms with Gasteiger partial charge in [-0.1, -0.05) is 37.6 Å². The zero-order valence-corrected chi connectivity index (χ0v) is 14.7. The highest BCUT2D eigenvalue weighted by Crippen LogP contribution is 2.24. The van der Waals surface area contributed by atoms with Crippen LogP contribution in [0, 0.1) is 6.92 Å². The summed E-state index contributed by atoms with van der Waals surface area (Å²) in [6, 6.07) is 6.21. The van der Waals surface area contributed by atoms with Crippen LogP contribution in [0.2, 0.25) is 5.02 Å². The minimum Gasteiger partial charge on any atom is -0.310 e. The van der Waals surface area contributed by atoms with Crippen molar-refractivity contribution in [1.29, 1.82) is 0 Å². The van der Waals surface area contributed by atoms with Gasteiger partial charge < -0.3 is 5.32 Å². The van der Waals surface area contributed by atoms with Crippen LogP contribution in [0.1, 0.15) is 50.3 Å². The van der Waals surface area contributed by atoms with E-state index in [1.54, 1.807) is 6.92 Å². The number of hydrogen-bond acceptors (Lipinski definition) is 3. The fraction of sp³-hybridized carbons (Fsp3) is 0.625. The molecule has 0 aliphatic carbocycles. The molecule has 1 aromatic carbocycles. The van der Waals surface area contributed by atoms with Crippen molar-refractivity contribution in [2.75, 3.05) is 18.1 Å². The first-order valence-electron chi connectivity index (χ1n) is 7.59. The Kier molecular flexibility index (Phi) is 7.71. The average molecular weight is 332 g/mol. The molecule has 0 bridgehead atoms. The van der Waals surface area contributed by atoms with Gasteiger partial charge in [0.1, 0.15) is 9.84 Å². The standard InChI is InChI=1S/C16H26ClNO2S/c1-4-10-18-16(7-6-11-21(19,20)5-2)14-8-9-15(17)13(3)12-14/h8-9,12,16,18H,4-7,10-11H2,1-3H3. The molecule has 0 amide bonds. The lowest BCUT2D eigenvalue weighted by atomic mass is 10.0. The average Bonchev–Trinajstić information content (AvgIpc) is 2.45. The van der Waals surface area contributed by atoms with Crippen molar-refractivity contribution in [1.82, 2.24) is 5.32 Å². The second-order valence-electron chi connectivity index (χ2n) is 5.39. The summed E-state index contributed by atoms with van der Waals surface area (Å²) >= 11 is 6.07. The molecule has 21 heavy (non-hydrogen) atoms. The summed E-state index contributed by atoms with van der Waals surface area (Å²) in [7, 11) is -2.88. The van der Waals surface area contributed by atoms with Crippen LogP contribution in [0.25, 0.3) is 0 Å². The van der Waals surface area contributed by atoms with Crippen molar-refractivity contribution in [3.63, 3.8) is 0 Å². The highest BCUT2D eigenvalue weighted by Gasteiger charge is 2.14. The van der Waals surface area contributed by atoms with E-state index in [1.807, 2.05) is 19.1 Å². The monoisotopic (exact) mass is 331 g/mol. The zero-order chi connectivity index (χ0) is 15.9. The van der Waals surface area contributed by atoms with E-state index in [0.717, 1.165) is 30.0 Å². The molecule has 5 heteroatoms. The molecule has 0 spiro atoms. The maximum absolute atomic E-state index is 11.6. The minimum absolute atomic E-state index is 0.188. The van der Waals surface area contributed by atoms with Crippen molar-refractivity contribution in [3.8, 4) is 0 Å². The van der Waals surface area contributed by atoms with E-state index in [9.17, 15) is 8.42 Å². The molecule has 120 valence electrons. The first-order valence-corrected chi connectivity index (χ1v) is 9.79. The van der Waals surface area contributed by atoms with Crippen molar-refractivity contribution in [2.24, 2.45) is 0 Å². The van der Waals surface area contributed by atoms with Gasteiger partial charge in [0, 0.05) is 16.8 Å². The number of hydrogen-bond donors (Lipinski definition) is 1. The van der Waals surface area contributed by atoms with Gasteiger partial charge in [0.05, 0.1) is 5.75 Å². The quantitative estimate of drug-likeness (QED) is 0.746. The Morgan fingerprint density at radius 2 is 2.00 bits per heavy atom. The normalized spacial score (nSPS) is 13.3. The third kappa shape index (κ3) is 6.37. The lowest BCUT2D eigenvalue weighted by Crippen LogP contribution is -2.23. The van der Waals surface area contributed by atoms with Crippen LogP contribution in [0.5, 0.6) is 0 Å². The molecule has 3 nitrogen and oxygen atoms in total. The number of benzene rings is 1. The Morgan fingerprint density at radius 3 is 2.57 bits per heavy atom. The molecular formula is C16H26ClNO2S. The van der Waals surface area contributed by atoms with Crippen LogP contribution >= 0.6 is 11.6 Å². The SMILES string of the molecule is CCCNC(CCCS(=O)(=O)CC)c1ccc(Cl)c(C)c1. The Bertz CT molecular complexity index is 543. The fourth-order valence-electron chi connectivity index (χ4n) is 2.24. The first-order chi connectivity index (χ1) is 9.89. The van der Waals surface area contributed by atoms with Gasteiger partial charge >= 0.3 is 0 Å². The lowest BCUT2D eigenvalue weighted by Gasteiger charge is -2.20. The van der Waals surface area contributed by atoms with Crippen molar-refractivity contribution >= 4 is 21.4 Å². The summed E-state index contributed by atoms with van der Waals surface area (Å²) in [4.78, 5) is 0. The van der Waals surface area contributed by atoms with E-state index in [1.165, 1.54) is 5.56 Å². The predicted molar refractivity (Wildman–Crippen MR) is 90.8 cm³/mol. The van der Waals surface area contributed by atoms with Crippen molar-refractivity contribution in [3.05, 3.63) is 34.3 Å². The molecule has 1 unspecified atom stereocenters. The van der Waals surface area contributed by atoms with E-state index in [4.69, 9.17) is 11.6 Å². The van der Waals surface area contributed by atoms with Crippen LogP contribution in [0.4, 0.5) is 0 Å². The van der Waals surface area contributed by atoms with Gasteiger partial charge in [0.2, 0.25) is 0 Å². The summed E-state index contributed by atoms with van der Waals surface area (Å²) < 4.78 is 23.2. The molecular weight excluding hydrogens is 306 g/mol. The third-order valence-electron chi connectivity index (χ3n) is 3.61. The van der Waals surface area contributed by atoms with E-state index in [2.05, 4.69) is 18.3 Å². The number of rotatable bonds is 9. The number of sulfone groups is 1. The Morgan fingerprint density at radius 1 is 1.29 bits per heavy atom. The largest absolute Gasteiger partial charge is 0.310 e. The Labute approximate surface area is 134 Å². The van der Waals surface area contributed by atoms with E-state index < -0.39 is 9.84 Å². The highest BCUT2D eigenvalue weighted by atomic mass is 35.5. The van der Waals surface area contributed by atoms with E-state index in [-0.39, 0.29) is 17.5 Å². The highest BCUT2D eigenvalue weighted by molar-refractivity contribution is 7.91. The van der Waals surface area contributed by atoms with Crippen LogP contribution in [-0.2, 0) is 9.84 Å². The molecule has 0 radical (unpaired) electrons. The molecule has 1 N–H and O–H groups in total. The van der Waals surface area contributed by atoms with Crippen LogP contribution in [-0.4, -0.2) is 26.5 Å². The third-order valence-corrected chi connectivity index (χ3v) is 5.83. The fourth-order valence-corrected chi connectivity index (χ4v) is 3.25. The molecule has 0 aromatic heterocycles. The topological polar surface area (TPSA) is 46.2 Å². The van der Waals surface area contributed by atoms with Crippen molar-refractivity contribution < 1.29 is 8.42 Å². The number of halogens is 1. The summed E-state index contributed by atoms with van der Waals surface area (Å²) in [5.74, 6) is 0.487. The van der Waals surface area contributed by atoms with Crippen molar-refractivity contribution in [2.45, 2.75) is 46.1 Å². The summed E-state index contributed by atoms with van der Waals surface area (Å²) in [5.41, 5.74) is 2.23. The van der Waals surface area contributed by atoms with Crippen LogP contribution in [0.3, 0.4) is 0 Å². The van der Waals surface area contributed by atoms with Crippen LogP contribution in [0.15, 0.2) is 18.2 Å².